The van der Waals surface area contributed by atoms with Crippen molar-refractivity contribution in [3.63, 3.8) is 0 Å². The summed E-state index contributed by atoms with van der Waals surface area (Å²) in [5.41, 5.74) is 1.74. The molecular weight excluding hydrogens is 432 g/mol. The zero-order valence-corrected chi connectivity index (χ0v) is 17.9. The normalized spacial score (nSPS) is 21.9. The van der Waals surface area contributed by atoms with E-state index in [9.17, 15) is 19.8 Å². The molecule has 7 heteroatoms. The first-order valence-corrected chi connectivity index (χ1v) is 10.9. The maximum absolute atomic E-state index is 13.8. The van der Waals surface area contributed by atoms with Crippen molar-refractivity contribution in [2.75, 3.05) is 9.96 Å². The molecule has 2 aliphatic rings. The standard InChI is InChI=1S/C27H20N2O5/c30-21-14-13-17(15-22(21)31)24-23-25(34-29(24)18-9-2-1-3-10-18)27(33)28(26(23)32)20-12-6-8-16-7-4-5-11-19(16)20/h1-15,23-25,30-31H/t23-,24-,25-/m0/s1. The van der Waals surface area contributed by atoms with E-state index in [0.29, 0.717) is 16.9 Å². The van der Waals surface area contributed by atoms with E-state index < -0.39 is 24.0 Å². The van der Waals surface area contributed by atoms with E-state index in [1.165, 1.54) is 17.0 Å². The highest BCUT2D eigenvalue weighted by Crippen LogP contribution is 2.49. The number of phenolic OH excluding ortho intramolecular Hbond substituents is 2. The summed E-state index contributed by atoms with van der Waals surface area (Å²) in [5, 5.41) is 23.2. The van der Waals surface area contributed by atoms with Crippen LogP contribution in [0.25, 0.3) is 10.8 Å². The van der Waals surface area contributed by atoms with Crippen LogP contribution >= 0.6 is 0 Å². The van der Waals surface area contributed by atoms with Gasteiger partial charge in [-0.05, 0) is 41.3 Å². The lowest BCUT2D eigenvalue weighted by atomic mass is 9.90. The van der Waals surface area contributed by atoms with E-state index in [1.807, 2.05) is 66.7 Å². The first-order chi connectivity index (χ1) is 16.5. The summed E-state index contributed by atoms with van der Waals surface area (Å²) in [5.74, 6) is -2.22. The number of hydrogen-bond donors (Lipinski definition) is 2. The molecule has 2 amide bonds. The Balaban J connectivity index is 1.48. The average Bonchev–Trinajstić information content (AvgIpc) is 3.37. The molecule has 168 valence electrons. The Bertz CT molecular complexity index is 1430. The van der Waals surface area contributed by atoms with Gasteiger partial charge in [-0.2, -0.15) is 0 Å². The quantitative estimate of drug-likeness (QED) is 0.356. The number of carbonyl (C=O) groups excluding carboxylic acids is 2. The number of anilines is 2. The van der Waals surface area contributed by atoms with Crippen molar-refractivity contribution in [1.82, 2.24) is 0 Å². The number of carbonyl (C=O) groups is 2. The van der Waals surface area contributed by atoms with E-state index in [4.69, 9.17) is 4.84 Å². The van der Waals surface area contributed by atoms with Crippen molar-refractivity contribution < 1.29 is 24.6 Å². The molecule has 2 heterocycles. The molecule has 7 nitrogen and oxygen atoms in total. The summed E-state index contributed by atoms with van der Waals surface area (Å²) in [6.07, 6.45) is -1.02. The molecule has 6 rings (SSSR count). The van der Waals surface area contributed by atoms with Gasteiger partial charge in [-0.15, -0.1) is 0 Å². The van der Waals surface area contributed by atoms with Gasteiger partial charge in [0.05, 0.1) is 17.4 Å². The fourth-order valence-corrected chi connectivity index (χ4v) is 4.92. The van der Waals surface area contributed by atoms with Crippen LogP contribution in [0, 0.1) is 5.92 Å². The molecule has 2 fully saturated rings. The van der Waals surface area contributed by atoms with Crippen molar-refractivity contribution >= 4 is 34.0 Å². The Morgan fingerprint density at radius 2 is 1.47 bits per heavy atom. The lowest BCUT2D eigenvalue weighted by Gasteiger charge is -2.29. The third-order valence-corrected chi connectivity index (χ3v) is 6.47. The number of imide groups is 1. The summed E-state index contributed by atoms with van der Waals surface area (Å²) in [6, 6.07) is 26.0. The molecular formula is C27H20N2O5. The van der Waals surface area contributed by atoms with E-state index in [-0.39, 0.29) is 17.4 Å². The van der Waals surface area contributed by atoms with Gasteiger partial charge in [0.1, 0.15) is 5.92 Å². The molecule has 0 unspecified atom stereocenters. The van der Waals surface area contributed by atoms with Crippen molar-refractivity contribution in [2.45, 2.75) is 12.1 Å². The van der Waals surface area contributed by atoms with Crippen molar-refractivity contribution in [3.05, 3.63) is 96.6 Å². The predicted molar refractivity (Wildman–Crippen MR) is 126 cm³/mol. The van der Waals surface area contributed by atoms with Gasteiger partial charge in [-0.25, -0.2) is 9.96 Å². The summed E-state index contributed by atoms with van der Waals surface area (Å²) in [6.45, 7) is 0. The number of hydroxylamine groups is 1. The van der Waals surface area contributed by atoms with Crippen LogP contribution in [0.1, 0.15) is 11.6 Å². The summed E-state index contributed by atoms with van der Waals surface area (Å²) < 4.78 is 0. The Kier molecular flexibility index (Phi) is 4.53. The minimum absolute atomic E-state index is 0.267. The SMILES string of the molecule is O=C1[C@@H]2[C@H](ON(c3ccccc3)[C@H]2c2ccc(O)c(O)c2)C(=O)N1c1cccc2ccccc12. The van der Waals surface area contributed by atoms with E-state index in [2.05, 4.69) is 0 Å². The predicted octanol–water partition coefficient (Wildman–Crippen LogP) is 4.30. The number of hydrogen-bond acceptors (Lipinski definition) is 6. The second-order valence-electron chi connectivity index (χ2n) is 8.42. The lowest BCUT2D eigenvalue weighted by Crippen LogP contribution is -2.37. The zero-order chi connectivity index (χ0) is 23.4. The Morgan fingerprint density at radius 1 is 0.735 bits per heavy atom. The van der Waals surface area contributed by atoms with Crippen LogP contribution in [-0.4, -0.2) is 28.1 Å². The molecule has 4 aromatic rings. The monoisotopic (exact) mass is 452 g/mol. The molecule has 3 atom stereocenters. The van der Waals surface area contributed by atoms with E-state index in [1.54, 1.807) is 17.2 Å². The van der Waals surface area contributed by atoms with Crippen molar-refractivity contribution in [1.29, 1.82) is 0 Å². The van der Waals surface area contributed by atoms with Crippen LogP contribution < -0.4 is 9.96 Å². The number of para-hydroxylation sites is 1. The van der Waals surface area contributed by atoms with Crippen molar-refractivity contribution in [3.8, 4) is 11.5 Å². The fraction of sp³-hybridized carbons (Fsp3) is 0.111. The van der Waals surface area contributed by atoms with E-state index in [0.717, 1.165) is 10.8 Å². The van der Waals surface area contributed by atoms with Crippen LogP contribution in [0.3, 0.4) is 0 Å². The first kappa shape index (κ1) is 20.3. The Labute approximate surface area is 195 Å². The van der Waals surface area contributed by atoms with Gasteiger partial charge in [0.15, 0.2) is 17.6 Å². The minimum atomic E-state index is -1.02. The van der Waals surface area contributed by atoms with Gasteiger partial charge in [-0.1, -0.05) is 60.7 Å². The van der Waals surface area contributed by atoms with E-state index >= 15 is 0 Å². The third-order valence-electron chi connectivity index (χ3n) is 6.47. The Hall–Kier alpha value is -4.36. The number of benzene rings is 4. The molecule has 0 aliphatic carbocycles. The summed E-state index contributed by atoms with van der Waals surface area (Å²) >= 11 is 0. The molecule has 0 spiro atoms. The molecule has 2 saturated heterocycles. The van der Waals surface area contributed by atoms with Gasteiger partial charge in [0.25, 0.3) is 5.91 Å². The van der Waals surface area contributed by atoms with Gasteiger partial charge in [0.2, 0.25) is 5.91 Å². The van der Waals surface area contributed by atoms with Gasteiger partial charge >= 0.3 is 0 Å². The second-order valence-corrected chi connectivity index (χ2v) is 8.42. The number of rotatable bonds is 3. The largest absolute Gasteiger partial charge is 0.504 e. The average molecular weight is 452 g/mol. The maximum Gasteiger partial charge on any atom is 0.266 e. The Morgan fingerprint density at radius 3 is 2.26 bits per heavy atom. The minimum Gasteiger partial charge on any atom is -0.504 e. The number of nitrogens with zero attached hydrogens (tertiary/aromatic N) is 2. The number of aromatic hydroxyl groups is 2. The van der Waals surface area contributed by atoms with Gasteiger partial charge in [-0.3, -0.25) is 14.4 Å². The van der Waals surface area contributed by atoms with Crippen LogP contribution in [-0.2, 0) is 14.4 Å². The molecule has 0 bridgehead atoms. The third kappa shape index (κ3) is 2.94. The molecule has 0 radical (unpaired) electrons. The highest BCUT2D eigenvalue weighted by Gasteiger charge is 2.60. The lowest BCUT2D eigenvalue weighted by molar-refractivity contribution is -0.126. The maximum atomic E-state index is 13.8. The molecule has 2 aliphatic heterocycles. The van der Waals surface area contributed by atoms with Crippen LogP contribution in [0.4, 0.5) is 11.4 Å². The number of phenols is 2. The van der Waals surface area contributed by atoms with Crippen LogP contribution in [0.5, 0.6) is 11.5 Å². The fourth-order valence-electron chi connectivity index (χ4n) is 4.92. The van der Waals surface area contributed by atoms with Gasteiger partial charge < -0.3 is 10.2 Å². The first-order valence-electron chi connectivity index (χ1n) is 10.9. The van der Waals surface area contributed by atoms with Crippen LogP contribution in [0.2, 0.25) is 0 Å². The molecule has 2 N–H and O–H groups in total. The second kappa shape index (κ2) is 7.60. The van der Waals surface area contributed by atoms with Gasteiger partial charge in [0, 0.05) is 5.39 Å². The molecule has 0 saturated carbocycles. The zero-order valence-electron chi connectivity index (χ0n) is 17.9. The van der Waals surface area contributed by atoms with Crippen molar-refractivity contribution in [2.24, 2.45) is 5.92 Å². The smallest absolute Gasteiger partial charge is 0.266 e. The number of amides is 2. The molecule has 0 aromatic heterocycles. The van der Waals surface area contributed by atoms with Crippen LogP contribution in [0.15, 0.2) is 91.0 Å². The topological polar surface area (TPSA) is 90.3 Å². The summed E-state index contributed by atoms with van der Waals surface area (Å²) in [4.78, 5) is 34.8. The highest BCUT2D eigenvalue weighted by atomic mass is 16.7. The highest BCUT2D eigenvalue weighted by molar-refractivity contribution is 6.26. The summed E-state index contributed by atoms with van der Waals surface area (Å²) in [7, 11) is 0. The molecule has 4 aromatic carbocycles. The number of fused-ring (bicyclic) bond motifs is 2. The molecule has 34 heavy (non-hydrogen) atoms.